The zero-order chi connectivity index (χ0) is 22.5. The number of halogens is 1. The number of carbonyl (C=O) groups is 3. The second kappa shape index (κ2) is 9.70. The van der Waals surface area contributed by atoms with E-state index in [0.29, 0.717) is 38.9 Å². The van der Waals surface area contributed by atoms with Crippen molar-refractivity contribution in [3.63, 3.8) is 0 Å². The number of nitrogens with zero attached hydrogens (tertiary/aromatic N) is 1. The Kier molecular flexibility index (Phi) is 7.02. The van der Waals surface area contributed by atoms with Gasteiger partial charge in [0, 0.05) is 6.20 Å². The number of esters is 2. The zero-order valence-electron chi connectivity index (χ0n) is 17.2. The van der Waals surface area contributed by atoms with Gasteiger partial charge in [-0.05, 0) is 73.2 Å². The van der Waals surface area contributed by atoms with E-state index in [1.54, 1.807) is 30.5 Å². The van der Waals surface area contributed by atoms with Gasteiger partial charge in [-0.3, -0.25) is 14.4 Å². The minimum atomic E-state index is -0.455. The van der Waals surface area contributed by atoms with Crippen molar-refractivity contribution in [2.45, 2.75) is 12.8 Å². The summed E-state index contributed by atoms with van der Waals surface area (Å²) in [4.78, 5) is 40.2. The first-order chi connectivity index (χ1) is 14.9. The first-order valence-electron chi connectivity index (χ1n) is 9.29. The van der Waals surface area contributed by atoms with E-state index in [1.165, 1.54) is 21.3 Å². The molecule has 0 unspecified atom stereocenters. The molecule has 1 aromatic heterocycles. The molecule has 0 saturated heterocycles. The van der Waals surface area contributed by atoms with Crippen LogP contribution in [0.15, 0.2) is 41.1 Å². The molecular formula is C23H20BrNO6. The number of rotatable bonds is 7. The van der Waals surface area contributed by atoms with Crippen molar-refractivity contribution in [2.75, 3.05) is 21.3 Å². The molecule has 3 aromatic rings. The van der Waals surface area contributed by atoms with E-state index in [1.807, 2.05) is 6.07 Å². The van der Waals surface area contributed by atoms with Crippen molar-refractivity contribution in [3.05, 3.63) is 57.8 Å². The van der Waals surface area contributed by atoms with Gasteiger partial charge in [0.25, 0.3) is 0 Å². The van der Waals surface area contributed by atoms with Crippen LogP contribution in [0, 0.1) is 0 Å². The number of aromatic nitrogens is 1. The third kappa shape index (κ3) is 4.74. The molecule has 0 aliphatic carbocycles. The van der Waals surface area contributed by atoms with E-state index in [-0.39, 0.29) is 12.8 Å². The summed E-state index contributed by atoms with van der Waals surface area (Å²) in [5.74, 6) is -0.484. The Hall–Kier alpha value is -3.26. The standard InChI is InChI=1S/C23H20BrNO6/c1-29-19-8-14-6-15(10-21(27)30-2)18(11-22(28)31-3)23(17(14)7-16(19)12-26)13-4-5-25-20(24)9-13/h4-9,12H,10-11H2,1-3H3. The summed E-state index contributed by atoms with van der Waals surface area (Å²) >= 11 is 3.38. The van der Waals surface area contributed by atoms with Crippen molar-refractivity contribution in [1.29, 1.82) is 0 Å². The molecule has 2 aromatic carbocycles. The lowest BCUT2D eigenvalue weighted by atomic mass is 9.86. The minimum Gasteiger partial charge on any atom is -0.496 e. The zero-order valence-corrected chi connectivity index (χ0v) is 18.8. The van der Waals surface area contributed by atoms with Crippen LogP contribution in [0.5, 0.6) is 5.75 Å². The highest BCUT2D eigenvalue weighted by Crippen LogP contribution is 2.38. The summed E-state index contributed by atoms with van der Waals surface area (Å²) in [6.45, 7) is 0. The van der Waals surface area contributed by atoms with Gasteiger partial charge in [-0.2, -0.15) is 0 Å². The summed E-state index contributed by atoms with van der Waals surface area (Å²) in [5, 5.41) is 1.48. The molecule has 3 rings (SSSR count). The SMILES string of the molecule is COC(=O)Cc1cc2cc(OC)c(C=O)cc2c(-c2ccnc(Br)c2)c1CC(=O)OC. The van der Waals surface area contributed by atoms with Crippen LogP contribution in [-0.4, -0.2) is 44.5 Å². The third-order valence-electron chi connectivity index (χ3n) is 4.94. The quantitative estimate of drug-likeness (QED) is 0.284. The van der Waals surface area contributed by atoms with E-state index in [2.05, 4.69) is 20.9 Å². The van der Waals surface area contributed by atoms with Gasteiger partial charge >= 0.3 is 11.9 Å². The highest BCUT2D eigenvalue weighted by atomic mass is 79.9. The first kappa shape index (κ1) is 22.4. The van der Waals surface area contributed by atoms with Crippen molar-refractivity contribution in [1.82, 2.24) is 4.98 Å². The van der Waals surface area contributed by atoms with Crippen molar-refractivity contribution in [3.8, 4) is 16.9 Å². The fourth-order valence-corrected chi connectivity index (χ4v) is 3.87. The second-order valence-corrected chi connectivity index (χ2v) is 7.51. The first-order valence-corrected chi connectivity index (χ1v) is 10.1. The van der Waals surface area contributed by atoms with Gasteiger partial charge in [-0.25, -0.2) is 4.98 Å². The lowest BCUT2D eigenvalue weighted by Gasteiger charge is -2.19. The maximum absolute atomic E-state index is 12.3. The normalized spacial score (nSPS) is 10.6. The van der Waals surface area contributed by atoms with E-state index in [0.717, 1.165) is 16.3 Å². The predicted molar refractivity (Wildman–Crippen MR) is 118 cm³/mol. The number of benzene rings is 2. The van der Waals surface area contributed by atoms with Crippen LogP contribution in [-0.2, 0) is 31.9 Å². The van der Waals surface area contributed by atoms with Crippen LogP contribution in [0.25, 0.3) is 21.9 Å². The number of fused-ring (bicyclic) bond motifs is 1. The van der Waals surface area contributed by atoms with Gasteiger partial charge in [0.1, 0.15) is 10.4 Å². The lowest BCUT2D eigenvalue weighted by molar-refractivity contribution is -0.141. The fraction of sp³-hybridized carbons (Fsp3) is 0.217. The molecule has 0 saturated carbocycles. The average molecular weight is 486 g/mol. The summed E-state index contributed by atoms with van der Waals surface area (Å²) in [6.07, 6.45) is 2.25. The number of aldehydes is 1. The van der Waals surface area contributed by atoms with E-state index in [4.69, 9.17) is 14.2 Å². The Morgan fingerprint density at radius 2 is 1.74 bits per heavy atom. The molecule has 1 heterocycles. The van der Waals surface area contributed by atoms with Crippen LogP contribution in [0.2, 0.25) is 0 Å². The molecule has 0 aliphatic rings. The molecule has 31 heavy (non-hydrogen) atoms. The maximum Gasteiger partial charge on any atom is 0.310 e. The molecule has 7 nitrogen and oxygen atoms in total. The topological polar surface area (TPSA) is 91.8 Å². The Balaban J connectivity index is 2.46. The summed E-state index contributed by atoms with van der Waals surface area (Å²) in [5.41, 5.74) is 3.07. The Labute approximate surface area is 187 Å². The predicted octanol–water partition coefficient (Wildman–Crippen LogP) is 3.92. The van der Waals surface area contributed by atoms with Gasteiger partial charge in [-0.1, -0.05) is 6.07 Å². The van der Waals surface area contributed by atoms with Gasteiger partial charge in [-0.15, -0.1) is 0 Å². The summed E-state index contributed by atoms with van der Waals surface area (Å²) in [6, 6.07) is 8.87. The third-order valence-corrected chi connectivity index (χ3v) is 5.38. The number of hydrogen-bond acceptors (Lipinski definition) is 7. The Bertz CT molecular complexity index is 1170. The highest BCUT2D eigenvalue weighted by Gasteiger charge is 2.21. The highest BCUT2D eigenvalue weighted by molar-refractivity contribution is 9.10. The number of ether oxygens (including phenoxy) is 3. The van der Waals surface area contributed by atoms with Crippen molar-refractivity contribution in [2.24, 2.45) is 0 Å². The largest absolute Gasteiger partial charge is 0.496 e. The lowest BCUT2D eigenvalue weighted by Crippen LogP contribution is -2.13. The molecule has 0 atom stereocenters. The molecule has 0 amide bonds. The number of hydrogen-bond donors (Lipinski definition) is 0. The van der Waals surface area contributed by atoms with Crippen LogP contribution in [0.1, 0.15) is 21.5 Å². The van der Waals surface area contributed by atoms with Gasteiger partial charge in [0.05, 0.1) is 39.7 Å². The smallest absolute Gasteiger partial charge is 0.310 e. The molecule has 0 aliphatic heterocycles. The molecule has 0 spiro atoms. The minimum absolute atomic E-state index is 0.0320. The van der Waals surface area contributed by atoms with Crippen molar-refractivity contribution < 1.29 is 28.6 Å². The Morgan fingerprint density at radius 1 is 1.03 bits per heavy atom. The van der Waals surface area contributed by atoms with E-state index < -0.39 is 11.9 Å². The fourth-order valence-electron chi connectivity index (χ4n) is 3.51. The number of carbonyl (C=O) groups excluding carboxylic acids is 3. The molecule has 8 heteroatoms. The molecular weight excluding hydrogens is 466 g/mol. The van der Waals surface area contributed by atoms with E-state index in [9.17, 15) is 14.4 Å². The van der Waals surface area contributed by atoms with Crippen LogP contribution in [0.4, 0.5) is 0 Å². The second-order valence-electron chi connectivity index (χ2n) is 6.70. The monoisotopic (exact) mass is 485 g/mol. The molecule has 0 N–H and O–H groups in total. The van der Waals surface area contributed by atoms with Crippen LogP contribution in [0.3, 0.4) is 0 Å². The average Bonchev–Trinajstić information content (AvgIpc) is 2.78. The van der Waals surface area contributed by atoms with Crippen LogP contribution >= 0.6 is 15.9 Å². The van der Waals surface area contributed by atoms with Crippen molar-refractivity contribution >= 4 is 44.9 Å². The maximum atomic E-state index is 12.3. The number of pyridine rings is 1. The summed E-state index contributed by atoms with van der Waals surface area (Å²) in [7, 11) is 4.10. The molecule has 0 fully saturated rings. The number of methoxy groups -OCH3 is 3. The molecule has 160 valence electrons. The van der Waals surface area contributed by atoms with Gasteiger partial charge in [0.2, 0.25) is 0 Å². The van der Waals surface area contributed by atoms with E-state index >= 15 is 0 Å². The van der Waals surface area contributed by atoms with Gasteiger partial charge in [0.15, 0.2) is 6.29 Å². The van der Waals surface area contributed by atoms with Crippen LogP contribution < -0.4 is 4.74 Å². The molecule has 0 radical (unpaired) electrons. The van der Waals surface area contributed by atoms with Gasteiger partial charge < -0.3 is 14.2 Å². The summed E-state index contributed by atoms with van der Waals surface area (Å²) < 4.78 is 15.7. The molecule has 0 bridgehead atoms. The Morgan fingerprint density at radius 3 is 2.35 bits per heavy atom.